The summed E-state index contributed by atoms with van der Waals surface area (Å²) < 4.78 is 37.6. The quantitative estimate of drug-likeness (QED) is 0.510. The Bertz CT molecular complexity index is 1190. The van der Waals surface area contributed by atoms with Crippen LogP contribution in [0.5, 0.6) is 5.75 Å². The van der Waals surface area contributed by atoms with Gasteiger partial charge >= 0.3 is 0 Å². The Labute approximate surface area is 206 Å². The van der Waals surface area contributed by atoms with Gasteiger partial charge in [0.05, 0.1) is 23.8 Å². The summed E-state index contributed by atoms with van der Waals surface area (Å²) in [6.07, 6.45) is 0. The van der Waals surface area contributed by atoms with Crippen LogP contribution in [0.15, 0.2) is 58.8 Å². The highest BCUT2D eigenvalue weighted by molar-refractivity contribution is 7.89. The van der Waals surface area contributed by atoms with Crippen molar-refractivity contribution in [3.8, 4) is 17.0 Å². The number of aryl methyl sites for hydroxylation is 1. The van der Waals surface area contributed by atoms with Crippen molar-refractivity contribution in [3.63, 3.8) is 0 Å². The first kappa shape index (κ1) is 25.8. The van der Waals surface area contributed by atoms with Crippen molar-refractivity contribution in [2.45, 2.75) is 25.7 Å². The van der Waals surface area contributed by atoms with E-state index in [1.165, 1.54) is 15.6 Å². The molecule has 0 atom stereocenters. The van der Waals surface area contributed by atoms with Crippen LogP contribution in [0.2, 0.25) is 0 Å². The number of nitrogens with zero attached hydrogens (tertiary/aromatic N) is 2. The van der Waals surface area contributed by atoms with Gasteiger partial charge in [0.2, 0.25) is 10.0 Å². The van der Waals surface area contributed by atoms with Crippen molar-refractivity contribution in [1.29, 1.82) is 0 Å². The summed E-state index contributed by atoms with van der Waals surface area (Å²) in [7, 11) is -3.54. The van der Waals surface area contributed by atoms with E-state index in [1.807, 2.05) is 44.4 Å². The van der Waals surface area contributed by atoms with Crippen LogP contribution < -0.4 is 10.1 Å². The molecule has 3 aromatic rings. The largest absolute Gasteiger partial charge is 0.484 e. The average molecular weight is 506 g/mol. The Balaban J connectivity index is 0.00000140. The molecule has 0 saturated carbocycles. The van der Waals surface area contributed by atoms with Crippen molar-refractivity contribution in [3.05, 3.63) is 59.5 Å². The van der Waals surface area contributed by atoms with E-state index in [0.29, 0.717) is 42.9 Å². The average Bonchev–Trinajstić information content (AvgIpc) is 3.33. The number of rotatable bonds is 7. The summed E-state index contributed by atoms with van der Waals surface area (Å²) in [6.45, 7) is 7.35. The van der Waals surface area contributed by atoms with Crippen LogP contribution in [-0.4, -0.2) is 56.5 Å². The molecule has 1 N–H and O–H groups in total. The predicted octanol–water partition coefficient (Wildman–Crippen LogP) is 4.43. The van der Waals surface area contributed by atoms with Crippen LogP contribution in [0.3, 0.4) is 0 Å². The standard InChI is InChI=1S/C22H23N3O5S2.C2H6.H2/c1-16-3-2-4-18(13-16)30-14-21(26)24-22-23-20(15-31-22)17-5-7-19(8-6-17)32(27,28)25-9-11-29-12-10-25;1-2;/h2-8,13,15H,9-12,14H2,1H3,(H,23,24,26);1-2H3;1H. The minimum Gasteiger partial charge on any atom is -0.484 e. The van der Waals surface area contributed by atoms with Crippen LogP contribution in [-0.2, 0) is 19.6 Å². The number of ether oxygens (including phenoxy) is 2. The van der Waals surface area contributed by atoms with Crippen LogP contribution >= 0.6 is 11.3 Å². The van der Waals surface area contributed by atoms with Crippen molar-refractivity contribution < 1.29 is 24.1 Å². The molecule has 34 heavy (non-hydrogen) atoms. The predicted molar refractivity (Wildman–Crippen MR) is 136 cm³/mol. The first-order chi connectivity index (χ1) is 16.4. The number of benzene rings is 2. The molecule has 1 aromatic heterocycles. The molecule has 1 aliphatic heterocycles. The fourth-order valence-electron chi connectivity index (χ4n) is 3.21. The van der Waals surface area contributed by atoms with Gasteiger partial charge < -0.3 is 9.47 Å². The lowest BCUT2D eigenvalue weighted by molar-refractivity contribution is -0.118. The molecule has 0 aliphatic carbocycles. The highest BCUT2D eigenvalue weighted by atomic mass is 32.2. The molecule has 1 saturated heterocycles. The molecule has 0 unspecified atom stereocenters. The van der Waals surface area contributed by atoms with Gasteiger partial charge in [-0.2, -0.15) is 4.31 Å². The molecular formula is C24H31N3O5S2. The number of thiazole rings is 1. The summed E-state index contributed by atoms with van der Waals surface area (Å²) in [6, 6.07) is 14.1. The molecule has 0 radical (unpaired) electrons. The normalized spacial score (nSPS) is 14.1. The zero-order valence-corrected chi connectivity index (χ0v) is 21.1. The van der Waals surface area contributed by atoms with Gasteiger partial charge in [-0.05, 0) is 36.8 Å². The maximum absolute atomic E-state index is 12.7. The Hall–Kier alpha value is -2.79. The molecule has 0 bridgehead atoms. The van der Waals surface area contributed by atoms with Gasteiger partial charge in [-0.3, -0.25) is 10.1 Å². The molecule has 2 aromatic carbocycles. The lowest BCUT2D eigenvalue weighted by Gasteiger charge is -2.26. The van der Waals surface area contributed by atoms with Crippen molar-refractivity contribution in [1.82, 2.24) is 9.29 Å². The van der Waals surface area contributed by atoms with Gasteiger partial charge in [0, 0.05) is 25.5 Å². The van der Waals surface area contributed by atoms with Gasteiger partial charge in [-0.15, -0.1) is 11.3 Å². The van der Waals surface area contributed by atoms with Crippen molar-refractivity contribution >= 4 is 32.4 Å². The number of amides is 1. The molecule has 0 spiro atoms. The summed E-state index contributed by atoms with van der Waals surface area (Å²) in [4.78, 5) is 16.8. The first-order valence-corrected chi connectivity index (χ1v) is 13.4. The Morgan fingerprint density at radius 3 is 2.56 bits per heavy atom. The zero-order valence-electron chi connectivity index (χ0n) is 19.5. The molecule has 1 fully saturated rings. The fraction of sp³-hybridized carbons (Fsp3) is 0.333. The fourth-order valence-corrected chi connectivity index (χ4v) is 5.35. The third-order valence-electron chi connectivity index (χ3n) is 4.87. The third kappa shape index (κ3) is 6.63. The molecule has 4 rings (SSSR count). The molecule has 2 heterocycles. The zero-order chi connectivity index (χ0) is 24.6. The number of carbonyl (C=O) groups is 1. The highest BCUT2D eigenvalue weighted by Gasteiger charge is 2.26. The van der Waals surface area contributed by atoms with E-state index < -0.39 is 10.0 Å². The second-order valence-electron chi connectivity index (χ2n) is 7.23. The second kappa shape index (κ2) is 12.1. The number of carbonyl (C=O) groups excluding carboxylic acids is 1. The van der Waals surface area contributed by atoms with Crippen LogP contribution in [0.4, 0.5) is 5.13 Å². The van der Waals surface area contributed by atoms with E-state index in [0.717, 1.165) is 11.1 Å². The molecule has 1 amide bonds. The van der Waals surface area contributed by atoms with Gasteiger partial charge in [0.1, 0.15) is 5.75 Å². The topological polar surface area (TPSA) is 97.8 Å². The summed E-state index contributed by atoms with van der Waals surface area (Å²) in [5, 5.41) is 4.98. The number of nitrogens with one attached hydrogen (secondary N) is 1. The van der Waals surface area contributed by atoms with Crippen molar-refractivity contribution in [2.75, 3.05) is 38.2 Å². The molecule has 1 aliphatic rings. The maximum Gasteiger partial charge on any atom is 0.264 e. The SMILES string of the molecule is CC.Cc1cccc(OCC(=O)Nc2nc(-c3ccc(S(=O)(=O)N4CCOCC4)cc3)cs2)c1.[HH]. The number of aromatic nitrogens is 1. The highest BCUT2D eigenvalue weighted by Crippen LogP contribution is 2.27. The number of hydrogen-bond acceptors (Lipinski definition) is 7. The lowest BCUT2D eigenvalue weighted by atomic mass is 10.2. The van der Waals surface area contributed by atoms with E-state index >= 15 is 0 Å². The van der Waals surface area contributed by atoms with Gasteiger partial charge in [-0.1, -0.05) is 38.1 Å². The van der Waals surface area contributed by atoms with E-state index in [1.54, 1.807) is 30.3 Å². The molecular weight excluding hydrogens is 474 g/mol. The number of sulfonamides is 1. The minimum absolute atomic E-state index is 0. The second-order valence-corrected chi connectivity index (χ2v) is 10.0. The molecule has 10 heteroatoms. The van der Waals surface area contributed by atoms with Gasteiger partial charge in [0.15, 0.2) is 11.7 Å². The summed E-state index contributed by atoms with van der Waals surface area (Å²) in [5.41, 5.74) is 2.47. The third-order valence-corrected chi connectivity index (χ3v) is 7.54. The van der Waals surface area contributed by atoms with Gasteiger partial charge in [-0.25, -0.2) is 13.4 Å². The van der Waals surface area contributed by atoms with Crippen LogP contribution in [0.1, 0.15) is 20.8 Å². The van der Waals surface area contributed by atoms with E-state index in [-0.39, 0.29) is 18.8 Å². The van der Waals surface area contributed by atoms with E-state index in [9.17, 15) is 13.2 Å². The van der Waals surface area contributed by atoms with Gasteiger partial charge in [0.25, 0.3) is 5.91 Å². The number of anilines is 1. The Morgan fingerprint density at radius 2 is 1.88 bits per heavy atom. The van der Waals surface area contributed by atoms with E-state index in [4.69, 9.17) is 9.47 Å². The molecule has 184 valence electrons. The Morgan fingerprint density at radius 1 is 1.18 bits per heavy atom. The summed E-state index contributed by atoms with van der Waals surface area (Å²) in [5.74, 6) is 0.325. The minimum atomic E-state index is -3.54. The van der Waals surface area contributed by atoms with Crippen LogP contribution in [0, 0.1) is 6.92 Å². The molecule has 8 nitrogen and oxygen atoms in total. The smallest absolute Gasteiger partial charge is 0.264 e. The first-order valence-electron chi connectivity index (χ1n) is 11.0. The number of morpholine rings is 1. The number of hydrogen-bond donors (Lipinski definition) is 1. The summed E-state index contributed by atoms with van der Waals surface area (Å²) >= 11 is 1.29. The Kier molecular flexibility index (Phi) is 9.17. The van der Waals surface area contributed by atoms with E-state index in [2.05, 4.69) is 10.3 Å². The maximum atomic E-state index is 12.7. The van der Waals surface area contributed by atoms with Crippen molar-refractivity contribution in [2.24, 2.45) is 0 Å². The monoisotopic (exact) mass is 505 g/mol. The van der Waals surface area contributed by atoms with Crippen LogP contribution in [0.25, 0.3) is 11.3 Å². The lowest BCUT2D eigenvalue weighted by Crippen LogP contribution is -2.40.